The van der Waals surface area contributed by atoms with Gasteiger partial charge in [-0.25, -0.2) is 0 Å². The van der Waals surface area contributed by atoms with Crippen molar-refractivity contribution in [1.82, 2.24) is 11.2 Å². The molecule has 0 radical (unpaired) electrons. The molecule has 44 valence electrons. The number of nitrogens with one attached hydrogen (secondary N) is 2. The van der Waals surface area contributed by atoms with Crippen LogP contribution in [0, 0.1) is 0 Å². The van der Waals surface area contributed by atoms with E-state index in [9.17, 15) is 0 Å². The summed E-state index contributed by atoms with van der Waals surface area (Å²) in [5, 5.41) is 0. The van der Waals surface area contributed by atoms with Crippen molar-refractivity contribution < 1.29 is 9.68 Å². The van der Waals surface area contributed by atoms with E-state index in [1.165, 1.54) is 7.11 Å². The highest BCUT2D eigenvalue weighted by atomic mass is 16.8. The highest BCUT2D eigenvalue weighted by molar-refractivity contribution is 3.97. The lowest BCUT2D eigenvalue weighted by molar-refractivity contribution is -0.0880. The van der Waals surface area contributed by atoms with E-state index in [2.05, 4.69) is 20.9 Å². The molecule has 0 aliphatic carbocycles. The summed E-state index contributed by atoms with van der Waals surface area (Å²) < 4.78 is 0. The lowest BCUT2D eigenvalue weighted by Crippen LogP contribution is -2.30. The summed E-state index contributed by atoms with van der Waals surface area (Å²) in [4.78, 5) is 8.95. The van der Waals surface area contributed by atoms with Crippen LogP contribution in [0.3, 0.4) is 0 Å². The first-order chi connectivity index (χ1) is 3.41. The van der Waals surface area contributed by atoms with E-state index in [-0.39, 0.29) is 0 Å². The van der Waals surface area contributed by atoms with Crippen LogP contribution in [-0.2, 0) is 9.68 Å². The van der Waals surface area contributed by atoms with Gasteiger partial charge in [-0.3, -0.25) is 9.68 Å². The first kappa shape index (κ1) is 6.84. The predicted octanol–water partition coefficient (Wildman–Crippen LogP) is -0.407. The Hall–Kier alpha value is -0.160. The van der Waals surface area contributed by atoms with Gasteiger partial charge in [0.15, 0.2) is 0 Å². The summed E-state index contributed by atoms with van der Waals surface area (Å²) in [6, 6.07) is 0. The summed E-state index contributed by atoms with van der Waals surface area (Å²) in [7, 11) is 1.49. The van der Waals surface area contributed by atoms with Crippen molar-refractivity contribution in [3.8, 4) is 0 Å². The van der Waals surface area contributed by atoms with Gasteiger partial charge in [-0.1, -0.05) is 0 Å². The fraction of sp³-hybridized carbons (Fsp3) is 1.00. The molecule has 0 rings (SSSR count). The summed E-state index contributed by atoms with van der Waals surface area (Å²) in [5.41, 5.74) is 4.59. The molecule has 4 nitrogen and oxygen atoms in total. The van der Waals surface area contributed by atoms with Gasteiger partial charge >= 0.3 is 0 Å². The van der Waals surface area contributed by atoms with Crippen LogP contribution < -0.4 is 11.2 Å². The fourth-order valence-electron chi connectivity index (χ4n) is 0.143. The standard InChI is InChI=1S/C3H10N2O2/c1-3-7-5-4-6-2/h4-5H,3H2,1-2H3. The van der Waals surface area contributed by atoms with Crippen molar-refractivity contribution >= 4 is 0 Å². The lowest BCUT2D eigenvalue weighted by Gasteiger charge is -1.99. The fourth-order valence-corrected chi connectivity index (χ4v) is 0.143. The van der Waals surface area contributed by atoms with Crippen molar-refractivity contribution in [3.63, 3.8) is 0 Å². The van der Waals surface area contributed by atoms with Crippen LogP contribution in [0.2, 0.25) is 0 Å². The highest BCUT2D eigenvalue weighted by Gasteiger charge is 1.72. The van der Waals surface area contributed by atoms with Crippen molar-refractivity contribution in [2.24, 2.45) is 0 Å². The Balaban J connectivity index is 2.45. The van der Waals surface area contributed by atoms with Crippen LogP contribution in [0.15, 0.2) is 0 Å². The molecule has 7 heavy (non-hydrogen) atoms. The minimum Gasteiger partial charge on any atom is -0.288 e. The molecular formula is C3H10N2O2. The molecule has 0 atom stereocenters. The van der Waals surface area contributed by atoms with Crippen LogP contribution in [0.1, 0.15) is 6.92 Å². The van der Waals surface area contributed by atoms with Gasteiger partial charge in [0.05, 0.1) is 13.7 Å². The van der Waals surface area contributed by atoms with Gasteiger partial charge in [0, 0.05) is 0 Å². The molecule has 0 bridgehead atoms. The smallest absolute Gasteiger partial charge is 0.0671 e. The van der Waals surface area contributed by atoms with E-state index in [0.717, 1.165) is 0 Å². The van der Waals surface area contributed by atoms with Crippen LogP contribution in [0.5, 0.6) is 0 Å². The number of rotatable bonds is 4. The van der Waals surface area contributed by atoms with E-state index in [1.54, 1.807) is 0 Å². The lowest BCUT2D eigenvalue weighted by atomic mass is 10.9. The maximum Gasteiger partial charge on any atom is 0.0671 e. The van der Waals surface area contributed by atoms with Gasteiger partial charge in [0.25, 0.3) is 0 Å². The summed E-state index contributed by atoms with van der Waals surface area (Å²) in [6.45, 7) is 2.47. The zero-order valence-corrected chi connectivity index (χ0v) is 4.52. The van der Waals surface area contributed by atoms with Crippen molar-refractivity contribution in [3.05, 3.63) is 0 Å². The van der Waals surface area contributed by atoms with Crippen LogP contribution >= 0.6 is 0 Å². The molecule has 0 aromatic carbocycles. The largest absolute Gasteiger partial charge is 0.288 e. The predicted molar refractivity (Wildman–Crippen MR) is 24.9 cm³/mol. The Morgan fingerprint density at radius 3 is 2.57 bits per heavy atom. The Labute approximate surface area is 42.7 Å². The van der Waals surface area contributed by atoms with Crippen LogP contribution in [-0.4, -0.2) is 13.7 Å². The third-order valence-electron chi connectivity index (χ3n) is 0.360. The third kappa shape index (κ3) is 5.84. The second kappa shape index (κ2) is 5.84. The minimum absolute atomic E-state index is 0.608. The molecule has 0 amide bonds. The van der Waals surface area contributed by atoms with Gasteiger partial charge in [-0.15, -0.1) is 11.2 Å². The zero-order chi connectivity index (χ0) is 5.54. The Morgan fingerprint density at radius 1 is 1.43 bits per heavy atom. The molecule has 0 spiro atoms. The van der Waals surface area contributed by atoms with Gasteiger partial charge < -0.3 is 0 Å². The van der Waals surface area contributed by atoms with E-state index < -0.39 is 0 Å². The van der Waals surface area contributed by atoms with Crippen molar-refractivity contribution in [2.75, 3.05) is 13.7 Å². The maximum atomic E-state index is 4.59. The molecule has 2 N–H and O–H groups in total. The van der Waals surface area contributed by atoms with Crippen molar-refractivity contribution in [1.29, 1.82) is 0 Å². The van der Waals surface area contributed by atoms with E-state index in [4.69, 9.17) is 0 Å². The topological polar surface area (TPSA) is 42.5 Å². The molecule has 4 heteroatoms. The molecule has 0 aliphatic rings. The SMILES string of the molecule is CCONNOC. The Kier molecular flexibility index (Phi) is 5.71. The van der Waals surface area contributed by atoms with E-state index in [0.29, 0.717) is 6.61 Å². The average molecular weight is 106 g/mol. The van der Waals surface area contributed by atoms with Gasteiger partial charge in [-0.05, 0) is 6.92 Å². The molecule has 0 saturated carbocycles. The molecule has 0 fully saturated rings. The third-order valence-corrected chi connectivity index (χ3v) is 0.360. The molecule has 0 aliphatic heterocycles. The number of hydrogen-bond acceptors (Lipinski definition) is 4. The summed E-state index contributed by atoms with van der Waals surface area (Å²) >= 11 is 0. The second-order valence-corrected chi connectivity index (χ2v) is 0.841. The van der Waals surface area contributed by atoms with Crippen LogP contribution in [0.4, 0.5) is 0 Å². The Morgan fingerprint density at radius 2 is 2.14 bits per heavy atom. The molecule has 0 saturated heterocycles. The highest BCUT2D eigenvalue weighted by Crippen LogP contribution is 1.56. The quantitative estimate of drug-likeness (QED) is 0.378. The van der Waals surface area contributed by atoms with Crippen LogP contribution in [0.25, 0.3) is 0 Å². The summed E-state index contributed by atoms with van der Waals surface area (Å²) in [5.74, 6) is 0. The first-order valence-corrected chi connectivity index (χ1v) is 2.06. The van der Waals surface area contributed by atoms with Gasteiger partial charge in [0.2, 0.25) is 0 Å². The normalized spacial score (nSPS) is 9.43. The van der Waals surface area contributed by atoms with Gasteiger partial charge in [0.1, 0.15) is 0 Å². The molecule has 0 aromatic heterocycles. The van der Waals surface area contributed by atoms with E-state index in [1.807, 2.05) is 6.92 Å². The maximum absolute atomic E-state index is 4.59. The zero-order valence-electron chi connectivity index (χ0n) is 4.52. The molecule has 0 aromatic rings. The average Bonchev–Trinajstić information content (AvgIpc) is 1.69. The first-order valence-electron chi connectivity index (χ1n) is 2.06. The van der Waals surface area contributed by atoms with Crippen molar-refractivity contribution in [2.45, 2.75) is 6.92 Å². The monoisotopic (exact) mass is 106 g/mol. The molecular weight excluding hydrogens is 96.0 g/mol. The summed E-state index contributed by atoms with van der Waals surface area (Å²) in [6.07, 6.45) is 0. The molecule has 0 heterocycles. The van der Waals surface area contributed by atoms with Gasteiger partial charge in [-0.2, -0.15) is 0 Å². The second-order valence-electron chi connectivity index (χ2n) is 0.841. The number of hydrazine groups is 1. The number of hydrogen-bond donors (Lipinski definition) is 2. The van der Waals surface area contributed by atoms with E-state index >= 15 is 0 Å². The Bertz CT molecular complexity index is 30.1. The minimum atomic E-state index is 0.608. The molecule has 0 unspecified atom stereocenters.